The Morgan fingerprint density at radius 3 is 2.55 bits per heavy atom. The van der Waals surface area contributed by atoms with E-state index in [4.69, 9.17) is 13.9 Å². The van der Waals surface area contributed by atoms with E-state index in [1.165, 1.54) is 12.8 Å². The smallest absolute Gasteiger partial charge is 0.341 e. The molecule has 3 rings (SSSR count). The summed E-state index contributed by atoms with van der Waals surface area (Å²) in [6.07, 6.45) is 3.27. The van der Waals surface area contributed by atoms with Crippen LogP contribution in [0.4, 0.5) is 0 Å². The lowest BCUT2D eigenvalue weighted by atomic mass is 9.97. The molecule has 0 N–H and O–H groups in total. The lowest BCUT2D eigenvalue weighted by Crippen LogP contribution is -2.45. The summed E-state index contributed by atoms with van der Waals surface area (Å²) in [5.74, 6) is 1.22. The van der Waals surface area contributed by atoms with Gasteiger partial charge in [-0.2, -0.15) is 0 Å². The molecular weight excluding hydrogens is 368 g/mol. The monoisotopic (exact) mass is 402 g/mol. The standard InChI is InChI=1S/C23H34N2O4/c1-6-8-10-25(7-2)16(3)14-24-11-9-17-18-12-21(27-4)22(28-5)13-20(18)29-23(26)19(17)15-24/h12-13,16H,6-11,14-15H2,1-5H3. The molecule has 0 saturated heterocycles. The van der Waals surface area contributed by atoms with Crippen LogP contribution >= 0.6 is 0 Å². The number of benzene rings is 1. The molecule has 29 heavy (non-hydrogen) atoms. The van der Waals surface area contributed by atoms with E-state index in [2.05, 4.69) is 30.6 Å². The van der Waals surface area contributed by atoms with Gasteiger partial charge in [0.05, 0.1) is 19.8 Å². The van der Waals surface area contributed by atoms with Gasteiger partial charge in [-0.15, -0.1) is 0 Å². The molecule has 1 aromatic heterocycles. The number of rotatable bonds is 9. The average Bonchev–Trinajstić information content (AvgIpc) is 2.73. The van der Waals surface area contributed by atoms with Crippen LogP contribution < -0.4 is 15.1 Å². The molecule has 0 radical (unpaired) electrons. The number of nitrogens with zero attached hydrogens (tertiary/aromatic N) is 2. The zero-order valence-electron chi connectivity index (χ0n) is 18.4. The second-order valence-electron chi connectivity index (χ2n) is 7.87. The van der Waals surface area contributed by atoms with Crippen molar-refractivity contribution >= 4 is 11.0 Å². The molecule has 6 nitrogen and oxygen atoms in total. The lowest BCUT2D eigenvalue weighted by molar-refractivity contribution is 0.142. The number of methoxy groups -OCH3 is 2. The second-order valence-corrected chi connectivity index (χ2v) is 7.87. The zero-order chi connectivity index (χ0) is 21.0. The minimum absolute atomic E-state index is 0.240. The van der Waals surface area contributed by atoms with Crippen molar-refractivity contribution < 1.29 is 13.9 Å². The van der Waals surface area contributed by atoms with Crippen molar-refractivity contribution in [2.45, 2.75) is 52.6 Å². The maximum absolute atomic E-state index is 12.7. The first-order valence-corrected chi connectivity index (χ1v) is 10.7. The van der Waals surface area contributed by atoms with Gasteiger partial charge in [-0.1, -0.05) is 20.3 Å². The van der Waals surface area contributed by atoms with E-state index in [1.54, 1.807) is 20.3 Å². The number of fused-ring (bicyclic) bond motifs is 3. The highest BCUT2D eigenvalue weighted by Crippen LogP contribution is 2.35. The van der Waals surface area contributed by atoms with Crippen molar-refractivity contribution in [1.82, 2.24) is 9.80 Å². The molecule has 0 aliphatic carbocycles. The Kier molecular flexibility index (Phi) is 7.19. The number of ether oxygens (including phenoxy) is 2. The maximum atomic E-state index is 12.7. The molecule has 160 valence electrons. The van der Waals surface area contributed by atoms with Crippen LogP contribution in [-0.2, 0) is 13.0 Å². The fourth-order valence-electron chi connectivity index (χ4n) is 4.34. The average molecular weight is 403 g/mol. The van der Waals surface area contributed by atoms with Crippen LogP contribution in [0.2, 0.25) is 0 Å². The third kappa shape index (κ3) is 4.59. The molecule has 0 amide bonds. The molecule has 0 bridgehead atoms. The molecular formula is C23H34N2O4. The van der Waals surface area contributed by atoms with Gasteiger partial charge in [-0.3, -0.25) is 9.80 Å². The van der Waals surface area contributed by atoms with E-state index in [0.29, 0.717) is 29.7 Å². The van der Waals surface area contributed by atoms with E-state index in [-0.39, 0.29) is 5.63 Å². The number of hydrogen-bond acceptors (Lipinski definition) is 6. The molecule has 6 heteroatoms. The van der Waals surface area contributed by atoms with Crippen molar-refractivity contribution in [3.05, 3.63) is 33.7 Å². The predicted octanol–water partition coefficient (Wildman–Crippen LogP) is 3.68. The first-order valence-electron chi connectivity index (χ1n) is 10.7. The first kappa shape index (κ1) is 21.7. The van der Waals surface area contributed by atoms with Crippen LogP contribution in [0, 0.1) is 0 Å². The van der Waals surface area contributed by atoms with Crippen LogP contribution in [0.1, 0.15) is 44.7 Å². The molecule has 1 aliphatic heterocycles. The second kappa shape index (κ2) is 9.63. The Morgan fingerprint density at radius 2 is 1.90 bits per heavy atom. The summed E-state index contributed by atoms with van der Waals surface area (Å²) in [5, 5.41) is 0.947. The normalized spacial score (nSPS) is 15.5. The molecule has 1 aliphatic rings. The number of likely N-dealkylation sites (N-methyl/N-ethyl adjacent to an activating group) is 1. The summed E-state index contributed by atoms with van der Waals surface area (Å²) in [5.41, 5.74) is 2.18. The summed E-state index contributed by atoms with van der Waals surface area (Å²) < 4.78 is 16.4. The van der Waals surface area contributed by atoms with Gasteiger partial charge >= 0.3 is 5.63 Å². The van der Waals surface area contributed by atoms with Gasteiger partial charge in [0.1, 0.15) is 5.58 Å². The van der Waals surface area contributed by atoms with E-state index >= 15 is 0 Å². The number of hydrogen-bond donors (Lipinski definition) is 0. The topological polar surface area (TPSA) is 55.2 Å². The molecule has 0 spiro atoms. The van der Waals surface area contributed by atoms with Gasteiger partial charge in [-0.25, -0.2) is 4.79 Å². The SMILES string of the molecule is CCCCN(CC)C(C)CN1CCc2c(c(=O)oc3cc(OC)c(OC)cc23)C1. The fourth-order valence-corrected chi connectivity index (χ4v) is 4.34. The summed E-state index contributed by atoms with van der Waals surface area (Å²) in [6, 6.07) is 4.14. The highest BCUT2D eigenvalue weighted by Gasteiger charge is 2.25. The van der Waals surface area contributed by atoms with Gasteiger partial charge in [-0.05, 0) is 44.5 Å². The Balaban J connectivity index is 1.84. The van der Waals surface area contributed by atoms with E-state index in [0.717, 1.165) is 49.1 Å². The summed E-state index contributed by atoms with van der Waals surface area (Å²) in [4.78, 5) is 17.6. The lowest BCUT2D eigenvalue weighted by Gasteiger charge is -2.35. The van der Waals surface area contributed by atoms with Crippen molar-refractivity contribution in [1.29, 1.82) is 0 Å². The molecule has 1 unspecified atom stereocenters. The molecule has 0 saturated carbocycles. The Bertz CT molecular complexity index is 893. The highest BCUT2D eigenvalue weighted by atomic mass is 16.5. The highest BCUT2D eigenvalue weighted by molar-refractivity contribution is 5.85. The van der Waals surface area contributed by atoms with Gasteiger partial charge < -0.3 is 13.9 Å². The largest absolute Gasteiger partial charge is 0.493 e. The van der Waals surface area contributed by atoms with Crippen molar-refractivity contribution in [2.75, 3.05) is 40.4 Å². The molecule has 0 fully saturated rings. The Hall–Kier alpha value is -2.05. The minimum atomic E-state index is -0.240. The van der Waals surface area contributed by atoms with Gasteiger partial charge in [0, 0.05) is 37.1 Å². The van der Waals surface area contributed by atoms with Gasteiger partial charge in [0.15, 0.2) is 11.5 Å². The van der Waals surface area contributed by atoms with Crippen LogP contribution in [0.25, 0.3) is 11.0 Å². The fraction of sp³-hybridized carbons (Fsp3) is 0.609. The van der Waals surface area contributed by atoms with Crippen molar-refractivity contribution in [3.63, 3.8) is 0 Å². The summed E-state index contributed by atoms with van der Waals surface area (Å²) >= 11 is 0. The third-order valence-electron chi connectivity index (χ3n) is 6.03. The molecule has 2 heterocycles. The van der Waals surface area contributed by atoms with Crippen LogP contribution in [0.15, 0.2) is 21.3 Å². The summed E-state index contributed by atoms with van der Waals surface area (Å²) in [6.45, 7) is 11.5. The Morgan fingerprint density at radius 1 is 1.17 bits per heavy atom. The quantitative estimate of drug-likeness (QED) is 0.597. The van der Waals surface area contributed by atoms with Crippen molar-refractivity contribution in [3.8, 4) is 11.5 Å². The van der Waals surface area contributed by atoms with E-state index in [9.17, 15) is 4.79 Å². The van der Waals surface area contributed by atoms with Crippen LogP contribution in [-0.4, -0.2) is 56.2 Å². The van der Waals surface area contributed by atoms with Crippen LogP contribution in [0.5, 0.6) is 11.5 Å². The van der Waals surface area contributed by atoms with E-state index in [1.807, 2.05) is 6.07 Å². The molecule has 2 aromatic rings. The third-order valence-corrected chi connectivity index (χ3v) is 6.03. The van der Waals surface area contributed by atoms with Crippen molar-refractivity contribution in [2.24, 2.45) is 0 Å². The maximum Gasteiger partial charge on any atom is 0.341 e. The van der Waals surface area contributed by atoms with Gasteiger partial charge in [0.2, 0.25) is 0 Å². The van der Waals surface area contributed by atoms with Crippen LogP contribution in [0.3, 0.4) is 0 Å². The van der Waals surface area contributed by atoms with Gasteiger partial charge in [0.25, 0.3) is 0 Å². The first-order chi connectivity index (χ1) is 14.0. The zero-order valence-corrected chi connectivity index (χ0v) is 18.4. The Labute approximate surface area is 173 Å². The minimum Gasteiger partial charge on any atom is -0.493 e. The van der Waals surface area contributed by atoms with E-state index < -0.39 is 0 Å². The number of unbranched alkanes of at least 4 members (excludes halogenated alkanes) is 1. The molecule has 1 aromatic carbocycles. The predicted molar refractivity (Wildman–Crippen MR) is 116 cm³/mol. The summed E-state index contributed by atoms with van der Waals surface area (Å²) in [7, 11) is 3.20. The molecule has 1 atom stereocenters.